The third kappa shape index (κ3) is 2.75. The molecule has 0 aliphatic rings. The fourth-order valence-corrected chi connectivity index (χ4v) is 2.49. The molecule has 0 heterocycles. The highest BCUT2D eigenvalue weighted by atomic mass is 79.9. The monoisotopic (exact) mass is 336 g/mol. The predicted molar refractivity (Wildman–Crippen MR) is 79.7 cm³/mol. The molecule has 2 nitrogen and oxygen atoms in total. The van der Waals surface area contributed by atoms with E-state index >= 15 is 0 Å². The highest BCUT2D eigenvalue weighted by Crippen LogP contribution is 2.36. The van der Waals surface area contributed by atoms with Crippen LogP contribution in [-0.4, -0.2) is 6.29 Å². The Balaban J connectivity index is 2.35. The number of ether oxygens (including phenoxy) is 1. The van der Waals surface area contributed by atoms with E-state index in [1.54, 1.807) is 13.8 Å². The third-order valence-corrected chi connectivity index (χ3v) is 4.16. The Labute approximate surface area is 125 Å². The van der Waals surface area contributed by atoms with E-state index in [2.05, 4.69) is 15.9 Å². The van der Waals surface area contributed by atoms with Crippen molar-refractivity contribution in [3.05, 3.63) is 62.9 Å². The van der Waals surface area contributed by atoms with Gasteiger partial charge in [0.2, 0.25) is 0 Å². The summed E-state index contributed by atoms with van der Waals surface area (Å²) in [6, 6.07) is 9.52. The minimum absolute atomic E-state index is 0.148. The smallest absolute Gasteiger partial charge is 0.170 e. The standard InChI is InChI=1S/C16H14BrFO2/c1-10-13(8-19)11(2)15(18)16(14(10)17)20-9-12-6-4-3-5-7-12/h3-8H,9H2,1-2H3. The van der Waals surface area contributed by atoms with E-state index in [4.69, 9.17) is 4.74 Å². The molecule has 0 saturated heterocycles. The van der Waals surface area contributed by atoms with Crippen molar-refractivity contribution in [2.24, 2.45) is 0 Å². The van der Waals surface area contributed by atoms with Gasteiger partial charge in [-0.15, -0.1) is 0 Å². The van der Waals surface area contributed by atoms with Gasteiger partial charge in [0, 0.05) is 5.56 Å². The van der Waals surface area contributed by atoms with Gasteiger partial charge in [0.25, 0.3) is 0 Å². The molecule has 0 aliphatic carbocycles. The van der Waals surface area contributed by atoms with Gasteiger partial charge >= 0.3 is 0 Å². The van der Waals surface area contributed by atoms with Crippen LogP contribution >= 0.6 is 15.9 Å². The van der Waals surface area contributed by atoms with Crippen LogP contribution in [0.15, 0.2) is 34.8 Å². The summed E-state index contributed by atoms with van der Waals surface area (Å²) in [4.78, 5) is 11.0. The summed E-state index contributed by atoms with van der Waals surface area (Å²) in [5.41, 5.74) is 2.31. The molecule has 0 aromatic heterocycles. The lowest BCUT2D eigenvalue weighted by Gasteiger charge is -2.15. The number of aldehydes is 1. The first kappa shape index (κ1) is 14.7. The number of carbonyl (C=O) groups excluding carboxylic acids is 1. The Morgan fingerprint density at radius 1 is 1.20 bits per heavy atom. The van der Waals surface area contributed by atoms with Crippen molar-refractivity contribution in [1.82, 2.24) is 0 Å². The Morgan fingerprint density at radius 2 is 1.85 bits per heavy atom. The van der Waals surface area contributed by atoms with Gasteiger partial charge in [0.1, 0.15) is 6.61 Å². The van der Waals surface area contributed by atoms with Crippen LogP contribution in [0, 0.1) is 19.7 Å². The topological polar surface area (TPSA) is 26.3 Å². The van der Waals surface area contributed by atoms with Gasteiger partial charge in [0.05, 0.1) is 4.47 Å². The molecule has 0 radical (unpaired) electrons. The van der Waals surface area contributed by atoms with Gasteiger partial charge in [0.15, 0.2) is 17.9 Å². The lowest BCUT2D eigenvalue weighted by atomic mass is 10.0. The molecule has 0 saturated carbocycles. The average Bonchev–Trinajstić information content (AvgIpc) is 2.47. The average molecular weight is 337 g/mol. The number of halogens is 2. The highest BCUT2D eigenvalue weighted by molar-refractivity contribution is 9.10. The normalized spacial score (nSPS) is 10.4. The summed E-state index contributed by atoms with van der Waals surface area (Å²) < 4.78 is 20.3. The zero-order valence-electron chi connectivity index (χ0n) is 11.2. The van der Waals surface area contributed by atoms with E-state index in [-0.39, 0.29) is 12.4 Å². The molecule has 2 aromatic rings. The summed E-state index contributed by atoms with van der Waals surface area (Å²) in [5.74, 6) is -0.352. The van der Waals surface area contributed by atoms with E-state index in [1.807, 2.05) is 30.3 Å². The maximum absolute atomic E-state index is 14.3. The predicted octanol–water partition coefficient (Wildman–Crippen LogP) is 4.60. The van der Waals surface area contributed by atoms with Crippen LogP contribution in [0.2, 0.25) is 0 Å². The Kier molecular flexibility index (Phi) is 4.55. The van der Waals surface area contributed by atoms with Crippen LogP contribution in [0.5, 0.6) is 5.75 Å². The molecule has 4 heteroatoms. The Hall–Kier alpha value is -1.68. The molecule has 2 rings (SSSR count). The summed E-state index contributed by atoms with van der Waals surface area (Å²) >= 11 is 3.31. The molecule has 0 atom stereocenters. The number of hydrogen-bond acceptors (Lipinski definition) is 2. The van der Waals surface area contributed by atoms with E-state index in [9.17, 15) is 9.18 Å². The van der Waals surface area contributed by atoms with E-state index < -0.39 is 5.82 Å². The Morgan fingerprint density at radius 3 is 2.45 bits per heavy atom. The summed E-state index contributed by atoms with van der Waals surface area (Å²) in [6.07, 6.45) is 0.666. The van der Waals surface area contributed by atoms with Crippen LogP contribution in [0.4, 0.5) is 4.39 Å². The molecule has 0 N–H and O–H groups in total. The second kappa shape index (κ2) is 6.18. The molecule has 0 spiro atoms. The number of rotatable bonds is 4. The van der Waals surface area contributed by atoms with Gasteiger partial charge < -0.3 is 4.74 Å². The zero-order valence-corrected chi connectivity index (χ0v) is 12.8. The van der Waals surface area contributed by atoms with Crippen molar-refractivity contribution in [2.75, 3.05) is 0 Å². The fourth-order valence-electron chi connectivity index (χ4n) is 1.99. The number of hydrogen-bond donors (Lipinski definition) is 0. The van der Waals surface area contributed by atoms with Crippen LogP contribution < -0.4 is 4.74 Å². The van der Waals surface area contributed by atoms with Gasteiger partial charge in [-0.05, 0) is 46.5 Å². The fraction of sp³-hybridized carbons (Fsp3) is 0.188. The summed E-state index contributed by atoms with van der Waals surface area (Å²) in [6.45, 7) is 3.61. The molecule has 0 fully saturated rings. The molecule has 104 valence electrons. The number of carbonyl (C=O) groups is 1. The molecule has 0 unspecified atom stereocenters. The minimum atomic E-state index is -0.500. The zero-order chi connectivity index (χ0) is 14.7. The van der Waals surface area contributed by atoms with E-state index in [0.29, 0.717) is 27.4 Å². The van der Waals surface area contributed by atoms with Crippen molar-refractivity contribution in [3.63, 3.8) is 0 Å². The lowest BCUT2D eigenvalue weighted by Crippen LogP contribution is -2.04. The SMILES string of the molecule is Cc1c(F)c(OCc2ccccc2)c(Br)c(C)c1C=O. The maximum atomic E-state index is 14.3. The second-order valence-corrected chi connectivity index (χ2v) is 5.31. The van der Waals surface area contributed by atoms with Crippen LogP contribution in [-0.2, 0) is 6.61 Å². The molecular formula is C16H14BrFO2. The second-order valence-electron chi connectivity index (χ2n) is 4.51. The van der Waals surface area contributed by atoms with Gasteiger partial charge in [-0.3, -0.25) is 4.79 Å². The summed E-state index contributed by atoms with van der Waals surface area (Å²) in [7, 11) is 0. The largest absolute Gasteiger partial charge is 0.485 e. The van der Waals surface area contributed by atoms with Gasteiger partial charge in [-0.25, -0.2) is 4.39 Å². The van der Waals surface area contributed by atoms with Crippen molar-refractivity contribution < 1.29 is 13.9 Å². The Bertz CT molecular complexity index is 610. The van der Waals surface area contributed by atoms with E-state index in [1.165, 1.54) is 0 Å². The first-order chi connectivity index (χ1) is 9.56. The maximum Gasteiger partial charge on any atom is 0.170 e. The molecular weight excluding hydrogens is 323 g/mol. The molecule has 20 heavy (non-hydrogen) atoms. The van der Waals surface area contributed by atoms with Gasteiger partial charge in [-0.2, -0.15) is 0 Å². The van der Waals surface area contributed by atoms with Crippen molar-refractivity contribution >= 4 is 22.2 Å². The highest BCUT2D eigenvalue weighted by Gasteiger charge is 2.19. The van der Waals surface area contributed by atoms with Crippen LogP contribution in [0.25, 0.3) is 0 Å². The summed E-state index contributed by atoms with van der Waals surface area (Å²) in [5, 5.41) is 0. The molecule has 0 aliphatic heterocycles. The quantitative estimate of drug-likeness (QED) is 0.763. The number of benzene rings is 2. The third-order valence-electron chi connectivity index (χ3n) is 3.21. The molecule has 0 bridgehead atoms. The lowest BCUT2D eigenvalue weighted by molar-refractivity contribution is 0.112. The van der Waals surface area contributed by atoms with Crippen molar-refractivity contribution in [1.29, 1.82) is 0 Å². The van der Waals surface area contributed by atoms with E-state index in [0.717, 1.165) is 5.56 Å². The first-order valence-corrected chi connectivity index (χ1v) is 6.95. The molecule has 0 amide bonds. The minimum Gasteiger partial charge on any atom is -0.485 e. The molecule has 2 aromatic carbocycles. The van der Waals surface area contributed by atoms with Crippen molar-refractivity contribution in [3.8, 4) is 5.75 Å². The van der Waals surface area contributed by atoms with Gasteiger partial charge in [-0.1, -0.05) is 30.3 Å². The van der Waals surface area contributed by atoms with Crippen molar-refractivity contribution in [2.45, 2.75) is 20.5 Å². The van der Waals surface area contributed by atoms with Crippen LogP contribution in [0.3, 0.4) is 0 Å². The first-order valence-electron chi connectivity index (χ1n) is 6.16. The van der Waals surface area contributed by atoms with Crippen LogP contribution in [0.1, 0.15) is 27.0 Å².